The summed E-state index contributed by atoms with van der Waals surface area (Å²) in [5.74, 6) is -0.310. The molecule has 0 saturated carbocycles. The van der Waals surface area contributed by atoms with E-state index in [-0.39, 0.29) is 23.9 Å². The van der Waals surface area contributed by atoms with Gasteiger partial charge in [0.2, 0.25) is 11.8 Å². The Kier molecular flexibility index (Phi) is 5.28. The van der Waals surface area contributed by atoms with Crippen LogP contribution in [0.5, 0.6) is 0 Å². The third kappa shape index (κ3) is 3.80. The lowest BCUT2D eigenvalue weighted by atomic mass is 10.2. The van der Waals surface area contributed by atoms with E-state index in [0.717, 1.165) is 16.9 Å². The normalized spacial score (nSPS) is 13.6. The van der Waals surface area contributed by atoms with Gasteiger partial charge in [0.15, 0.2) is 0 Å². The van der Waals surface area contributed by atoms with Crippen molar-refractivity contribution in [2.45, 2.75) is 19.4 Å². The second-order valence-corrected chi connectivity index (χ2v) is 8.62. The number of carbonyl (C=O) groups is 2. The van der Waals surface area contributed by atoms with Gasteiger partial charge in [-0.15, -0.1) is 11.3 Å². The second-order valence-electron chi connectivity index (χ2n) is 7.59. The predicted octanol–water partition coefficient (Wildman–Crippen LogP) is 3.89. The van der Waals surface area contributed by atoms with Gasteiger partial charge in [0.05, 0.1) is 23.1 Å². The number of anilines is 2. The minimum absolute atomic E-state index is 0.0456. The number of thiophene rings is 1. The first-order valence-electron chi connectivity index (χ1n) is 10.3. The Bertz CT molecular complexity index is 1380. The van der Waals surface area contributed by atoms with E-state index in [1.165, 1.54) is 22.2 Å². The molecule has 0 spiro atoms. The number of benzene rings is 2. The zero-order valence-corrected chi connectivity index (χ0v) is 18.0. The van der Waals surface area contributed by atoms with Crippen LogP contribution in [0.3, 0.4) is 0 Å². The van der Waals surface area contributed by atoms with Gasteiger partial charge in [-0.25, -0.2) is 4.98 Å². The molecule has 0 atom stereocenters. The molecule has 1 saturated heterocycles. The molecular weight excluding hydrogens is 424 g/mol. The van der Waals surface area contributed by atoms with Gasteiger partial charge in [-0.3, -0.25) is 19.0 Å². The SMILES string of the molecule is O=C(Cn1cnc2sc(-c3ccccc3)cc2c1=O)Nc1ccccc1N1CCCC1=O. The average Bonchev–Trinajstić information content (AvgIpc) is 3.43. The predicted molar refractivity (Wildman–Crippen MR) is 126 cm³/mol. The second kappa shape index (κ2) is 8.39. The van der Waals surface area contributed by atoms with Crippen LogP contribution in [0, 0.1) is 0 Å². The molecule has 3 heterocycles. The van der Waals surface area contributed by atoms with Crippen molar-refractivity contribution in [3.8, 4) is 10.4 Å². The number of hydrogen-bond acceptors (Lipinski definition) is 5. The van der Waals surface area contributed by atoms with E-state index in [1.54, 1.807) is 17.0 Å². The molecule has 0 radical (unpaired) electrons. The lowest BCUT2D eigenvalue weighted by Gasteiger charge is -2.20. The Balaban J connectivity index is 1.38. The molecule has 4 aromatic rings. The maximum absolute atomic E-state index is 13.0. The molecule has 2 amide bonds. The summed E-state index contributed by atoms with van der Waals surface area (Å²) >= 11 is 1.45. The van der Waals surface area contributed by atoms with E-state index >= 15 is 0 Å². The zero-order chi connectivity index (χ0) is 22.1. The number of fused-ring (bicyclic) bond motifs is 1. The maximum Gasteiger partial charge on any atom is 0.262 e. The van der Waals surface area contributed by atoms with Crippen molar-refractivity contribution in [1.82, 2.24) is 9.55 Å². The highest BCUT2D eigenvalue weighted by Gasteiger charge is 2.24. The molecule has 32 heavy (non-hydrogen) atoms. The molecule has 0 aliphatic carbocycles. The number of para-hydroxylation sites is 2. The number of nitrogens with one attached hydrogen (secondary N) is 1. The number of aromatic nitrogens is 2. The summed E-state index contributed by atoms with van der Waals surface area (Å²) in [6, 6.07) is 18.8. The topological polar surface area (TPSA) is 84.3 Å². The number of hydrogen-bond donors (Lipinski definition) is 1. The summed E-state index contributed by atoms with van der Waals surface area (Å²) in [6.45, 7) is 0.467. The number of nitrogens with zero attached hydrogens (tertiary/aromatic N) is 3. The van der Waals surface area contributed by atoms with E-state index in [1.807, 2.05) is 48.5 Å². The summed E-state index contributed by atoms with van der Waals surface area (Å²) in [5, 5.41) is 3.34. The van der Waals surface area contributed by atoms with E-state index in [4.69, 9.17) is 0 Å². The molecule has 1 aliphatic heterocycles. The highest BCUT2D eigenvalue weighted by Crippen LogP contribution is 2.31. The largest absolute Gasteiger partial charge is 0.323 e. The van der Waals surface area contributed by atoms with Crippen LogP contribution in [0.1, 0.15) is 12.8 Å². The Hall–Kier alpha value is -3.78. The van der Waals surface area contributed by atoms with Crippen molar-refractivity contribution in [2.75, 3.05) is 16.8 Å². The lowest BCUT2D eigenvalue weighted by Crippen LogP contribution is -2.29. The molecule has 0 bridgehead atoms. The van der Waals surface area contributed by atoms with Crippen molar-refractivity contribution in [2.24, 2.45) is 0 Å². The quantitative estimate of drug-likeness (QED) is 0.506. The lowest BCUT2D eigenvalue weighted by molar-refractivity contribution is -0.117. The average molecular weight is 445 g/mol. The summed E-state index contributed by atoms with van der Waals surface area (Å²) in [6.07, 6.45) is 2.72. The summed E-state index contributed by atoms with van der Waals surface area (Å²) in [5.41, 5.74) is 1.99. The van der Waals surface area contributed by atoms with Crippen LogP contribution in [0.15, 0.2) is 71.8 Å². The molecule has 8 heteroatoms. The summed E-state index contributed by atoms with van der Waals surface area (Å²) in [7, 11) is 0. The Morgan fingerprint density at radius 2 is 1.84 bits per heavy atom. The first-order chi connectivity index (χ1) is 15.6. The summed E-state index contributed by atoms with van der Waals surface area (Å²) in [4.78, 5) is 45.5. The zero-order valence-electron chi connectivity index (χ0n) is 17.2. The minimum Gasteiger partial charge on any atom is -0.323 e. The van der Waals surface area contributed by atoms with E-state index in [0.29, 0.717) is 34.6 Å². The van der Waals surface area contributed by atoms with Crippen LogP contribution in [0.25, 0.3) is 20.7 Å². The monoisotopic (exact) mass is 444 g/mol. The third-order valence-electron chi connectivity index (χ3n) is 5.43. The molecule has 160 valence electrons. The van der Waals surface area contributed by atoms with Gasteiger partial charge in [-0.2, -0.15) is 0 Å². The number of carbonyl (C=O) groups excluding carboxylic acids is 2. The van der Waals surface area contributed by atoms with Crippen molar-refractivity contribution in [3.63, 3.8) is 0 Å². The van der Waals surface area contributed by atoms with Gasteiger partial charge < -0.3 is 10.2 Å². The van der Waals surface area contributed by atoms with Crippen LogP contribution < -0.4 is 15.8 Å². The van der Waals surface area contributed by atoms with Gasteiger partial charge >= 0.3 is 0 Å². The molecule has 1 fully saturated rings. The third-order valence-corrected chi connectivity index (χ3v) is 6.52. The van der Waals surface area contributed by atoms with Crippen LogP contribution in [0.2, 0.25) is 0 Å². The van der Waals surface area contributed by atoms with E-state index in [9.17, 15) is 14.4 Å². The van der Waals surface area contributed by atoms with Gasteiger partial charge in [-0.05, 0) is 30.2 Å². The van der Waals surface area contributed by atoms with Crippen LogP contribution in [0.4, 0.5) is 11.4 Å². The van der Waals surface area contributed by atoms with Gasteiger partial charge in [0, 0.05) is 17.8 Å². The Morgan fingerprint density at radius 1 is 1.06 bits per heavy atom. The van der Waals surface area contributed by atoms with Crippen LogP contribution >= 0.6 is 11.3 Å². The first kappa shape index (κ1) is 20.1. The Morgan fingerprint density at radius 3 is 2.62 bits per heavy atom. The number of amides is 2. The molecule has 1 aliphatic rings. The summed E-state index contributed by atoms with van der Waals surface area (Å²) < 4.78 is 1.31. The standard InChI is InChI=1S/C24H20N4O3S/c29-21(26-18-9-4-5-10-19(18)28-12-6-11-22(28)30)14-27-15-25-23-17(24(27)31)13-20(32-23)16-7-2-1-3-8-16/h1-5,7-10,13,15H,6,11-12,14H2,(H,26,29). The fourth-order valence-electron chi connectivity index (χ4n) is 3.88. The highest BCUT2D eigenvalue weighted by molar-refractivity contribution is 7.21. The molecule has 2 aromatic heterocycles. The van der Waals surface area contributed by atoms with Crippen molar-refractivity contribution in [3.05, 3.63) is 77.3 Å². The Labute approximate surface area is 187 Å². The molecule has 5 rings (SSSR count). The molecule has 0 unspecified atom stereocenters. The van der Waals surface area contributed by atoms with Gasteiger partial charge in [0.1, 0.15) is 11.4 Å². The number of rotatable bonds is 5. The molecule has 7 nitrogen and oxygen atoms in total. The van der Waals surface area contributed by atoms with E-state index in [2.05, 4.69) is 10.3 Å². The fraction of sp³-hybridized carbons (Fsp3) is 0.167. The van der Waals surface area contributed by atoms with Crippen molar-refractivity contribution >= 4 is 44.7 Å². The van der Waals surface area contributed by atoms with E-state index < -0.39 is 0 Å². The van der Waals surface area contributed by atoms with Gasteiger partial charge in [-0.1, -0.05) is 42.5 Å². The molecule has 1 N–H and O–H groups in total. The van der Waals surface area contributed by atoms with Crippen molar-refractivity contribution < 1.29 is 9.59 Å². The maximum atomic E-state index is 13.0. The van der Waals surface area contributed by atoms with Crippen LogP contribution in [-0.2, 0) is 16.1 Å². The van der Waals surface area contributed by atoms with Gasteiger partial charge in [0.25, 0.3) is 5.56 Å². The highest BCUT2D eigenvalue weighted by atomic mass is 32.1. The fourth-order valence-corrected chi connectivity index (χ4v) is 4.87. The van der Waals surface area contributed by atoms with Crippen molar-refractivity contribution in [1.29, 1.82) is 0 Å². The minimum atomic E-state index is -0.356. The first-order valence-corrected chi connectivity index (χ1v) is 11.2. The van der Waals surface area contributed by atoms with Crippen LogP contribution in [-0.4, -0.2) is 27.9 Å². The smallest absolute Gasteiger partial charge is 0.262 e. The molecule has 2 aromatic carbocycles. The molecular formula is C24H20N4O3S.